The lowest BCUT2D eigenvalue weighted by molar-refractivity contribution is -0.150. The molecule has 0 aromatic heterocycles. The van der Waals surface area contributed by atoms with Crippen LogP contribution in [-0.4, -0.2) is 86.3 Å². The van der Waals surface area contributed by atoms with Crippen LogP contribution in [-0.2, 0) is 20.7 Å². The fourth-order valence-corrected chi connectivity index (χ4v) is 2.66. The molecule has 2 amide bonds. The van der Waals surface area contributed by atoms with E-state index in [9.17, 15) is 31.5 Å². The maximum Gasteiger partial charge on any atom is 0.405 e. The lowest BCUT2D eigenvalue weighted by Crippen LogP contribution is -2.46. The highest BCUT2D eigenvalue weighted by Gasteiger charge is 2.29. The summed E-state index contributed by atoms with van der Waals surface area (Å²) in [5.41, 5.74) is 0.686. The molecule has 1 rings (SSSR count). The summed E-state index contributed by atoms with van der Waals surface area (Å²) in [6, 6.07) is 5.37. The molecule has 0 spiro atoms. The number of urea groups is 1. The average Bonchev–Trinajstić information content (AvgIpc) is 2.73. The zero-order chi connectivity index (χ0) is 25.8. The van der Waals surface area contributed by atoms with Gasteiger partial charge in [-0.1, -0.05) is 12.1 Å². The Morgan fingerprint density at radius 1 is 1.09 bits per heavy atom. The number of aliphatic carboxylic acids is 1. The van der Waals surface area contributed by atoms with Gasteiger partial charge in [-0.3, -0.25) is 0 Å². The summed E-state index contributed by atoms with van der Waals surface area (Å²) < 4.78 is 78.2. The number of carbonyl (C=O) groups excluding carboxylic acids is 1. The number of hydrogen-bond donors (Lipinski definition) is 2. The molecule has 1 atom stereocenters. The SMILES string of the molecule is CCOC(Cc1ccc(OCCN(CCOCC(C)(F)F)C(=O)NCC(F)(F)F)cc1)C(=O)O. The van der Waals surface area contributed by atoms with Crippen LogP contribution in [0.2, 0.25) is 0 Å². The predicted molar refractivity (Wildman–Crippen MR) is 111 cm³/mol. The van der Waals surface area contributed by atoms with Gasteiger partial charge < -0.3 is 29.5 Å². The number of alkyl halides is 5. The molecule has 0 aliphatic heterocycles. The van der Waals surface area contributed by atoms with Crippen LogP contribution in [0.15, 0.2) is 24.3 Å². The summed E-state index contributed by atoms with van der Waals surface area (Å²) in [5, 5.41) is 10.9. The lowest BCUT2D eigenvalue weighted by atomic mass is 10.1. The summed E-state index contributed by atoms with van der Waals surface area (Å²) in [4.78, 5) is 24.2. The number of hydrogen-bond acceptors (Lipinski definition) is 5. The monoisotopic (exact) mass is 500 g/mol. The average molecular weight is 500 g/mol. The minimum atomic E-state index is -4.61. The third-order valence-electron chi connectivity index (χ3n) is 4.21. The molecule has 1 unspecified atom stereocenters. The van der Waals surface area contributed by atoms with Crippen LogP contribution in [0, 0.1) is 0 Å². The van der Waals surface area contributed by atoms with E-state index in [0.29, 0.717) is 18.2 Å². The topological polar surface area (TPSA) is 97.3 Å². The Balaban J connectivity index is 2.61. The van der Waals surface area contributed by atoms with Crippen LogP contribution < -0.4 is 10.1 Å². The highest BCUT2D eigenvalue weighted by atomic mass is 19.4. The number of amides is 2. The Morgan fingerprint density at radius 2 is 1.71 bits per heavy atom. The van der Waals surface area contributed by atoms with E-state index in [1.165, 1.54) is 0 Å². The first-order chi connectivity index (χ1) is 15.8. The molecule has 1 aromatic carbocycles. The lowest BCUT2D eigenvalue weighted by Gasteiger charge is -2.24. The van der Waals surface area contributed by atoms with Crippen molar-refractivity contribution in [2.45, 2.75) is 38.5 Å². The highest BCUT2D eigenvalue weighted by molar-refractivity contribution is 5.74. The summed E-state index contributed by atoms with van der Waals surface area (Å²) in [6.45, 7) is -0.613. The van der Waals surface area contributed by atoms with E-state index in [1.54, 1.807) is 36.5 Å². The van der Waals surface area contributed by atoms with Crippen LogP contribution >= 0.6 is 0 Å². The molecule has 0 fully saturated rings. The Hall–Kier alpha value is -2.67. The van der Waals surface area contributed by atoms with Gasteiger partial charge in [-0.05, 0) is 24.6 Å². The standard InChI is InChI=1S/C21H29F5N2O6/c1-3-33-17(18(29)30)12-15-4-6-16(7-5-15)34-11-9-28(8-10-32-14-20(2,22)23)19(31)27-13-21(24,25)26/h4-7,17H,3,8-14H2,1-2H3,(H,27,31)(H,29,30). The van der Waals surface area contributed by atoms with E-state index in [1.807, 2.05) is 0 Å². The van der Waals surface area contributed by atoms with Gasteiger partial charge in [-0.25, -0.2) is 18.4 Å². The number of benzene rings is 1. The Morgan fingerprint density at radius 3 is 2.24 bits per heavy atom. The minimum Gasteiger partial charge on any atom is -0.492 e. The molecule has 2 N–H and O–H groups in total. The highest BCUT2D eigenvalue weighted by Crippen LogP contribution is 2.15. The normalized spacial score (nSPS) is 12.8. The summed E-state index contributed by atoms with van der Waals surface area (Å²) in [5.74, 6) is -3.78. The number of carboxylic acids is 1. The molecule has 0 saturated carbocycles. The van der Waals surface area contributed by atoms with Crippen molar-refractivity contribution in [3.8, 4) is 5.75 Å². The molecule has 1 aromatic rings. The first-order valence-corrected chi connectivity index (χ1v) is 10.4. The number of ether oxygens (including phenoxy) is 3. The van der Waals surface area contributed by atoms with E-state index in [2.05, 4.69) is 0 Å². The van der Waals surface area contributed by atoms with Crippen molar-refractivity contribution in [2.24, 2.45) is 0 Å². The van der Waals surface area contributed by atoms with E-state index in [-0.39, 0.29) is 39.3 Å². The second-order valence-electron chi connectivity index (χ2n) is 7.36. The van der Waals surface area contributed by atoms with Gasteiger partial charge in [-0.15, -0.1) is 0 Å². The third-order valence-corrected chi connectivity index (χ3v) is 4.21. The first kappa shape index (κ1) is 29.4. The molecule has 0 saturated heterocycles. The molecule has 0 aliphatic rings. The number of nitrogens with one attached hydrogen (secondary N) is 1. The summed E-state index contributed by atoms with van der Waals surface area (Å²) in [6.07, 6.45) is -5.45. The second-order valence-corrected chi connectivity index (χ2v) is 7.36. The number of halogens is 5. The smallest absolute Gasteiger partial charge is 0.405 e. The van der Waals surface area contributed by atoms with Crippen molar-refractivity contribution in [1.29, 1.82) is 0 Å². The zero-order valence-corrected chi connectivity index (χ0v) is 18.9. The van der Waals surface area contributed by atoms with Crippen LogP contribution in [0.1, 0.15) is 19.4 Å². The Labute approximate surface area is 194 Å². The molecule has 34 heavy (non-hydrogen) atoms. The summed E-state index contributed by atoms with van der Waals surface area (Å²) >= 11 is 0. The van der Waals surface area contributed by atoms with Gasteiger partial charge in [0.05, 0.1) is 13.2 Å². The van der Waals surface area contributed by atoms with Crippen molar-refractivity contribution >= 4 is 12.0 Å². The van der Waals surface area contributed by atoms with E-state index in [4.69, 9.17) is 19.3 Å². The van der Waals surface area contributed by atoms with Gasteiger partial charge in [0.1, 0.15) is 25.5 Å². The van der Waals surface area contributed by atoms with Gasteiger partial charge in [0.25, 0.3) is 5.92 Å². The Bertz CT molecular complexity index is 756. The fourth-order valence-electron chi connectivity index (χ4n) is 2.66. The minimum absolute atomic E-state index is 0.0978. The van der Waals surface area contributed by atoms with Crippen LogP contribution in [0.5, 0.6) is 5.75 Å². The second kappa shape index (κ2) is 13.9. The molecule has 194 valence electrons. The van der Waals surface area contributed by atoms with Gasteiger partial charge in [0, 0.05) is 26.5 Å². The van der Waals surface area contributed by atoms with Crippen LogP contribution in [0.3, 0.4) is 0 Å². The van der Waals surface area contributed by atoms with Gasteiger partial charge in [-0.2, -0.15) is 13.2 Å². The quantitative estimate of drug-likeness (QED) is 0.283. The molecule has 0 aliphatic carbocycles. The fraction of sp³-hybridized carbons (Fsp3) is 0.619. The maximum atomic E-state index is 12.8. The molecule has 0 radical (unpaired) electrons. The molecule has 8 nitrogen and oxygen atoms in total. The van der Waals surface area contributed by atoms with Crippen molar-refractivity contribution in [3.63, 3.8) is 0 Å². The zero-order valence-electron chi connectivity index (χ0n) is 18.9. The summed E-state index contributed by atoms with van der Waals surface area (Å²) in [7, 11) is 0. The third kappa shape index (κ3) is 13.1. The largest absolute Gasteiger partial charge is 0.492 e. The van der Waals surface area contributed by atoms with Crippen molar-refractivity contribution < 1.29 is 50.9 Å². The molecule has 0 bridgehead atoms. The van der Waals surface area contributed by atoms with E-state index < -0.39 is 43.4 Å². The molecular formula is C21H29F5N2O6. The number of carbonyl (C=O) groups is 2. The molecule has 0 heterocycles. The van der Waals surface area contributed by atoms with Gasteiger partial charge in [0.2, 0.25) is 0 Å². The molecular weight excluding hydrogens is 471 g/mol. The van der Waals surface area contributed by atoms with Crippen LogP contribution in [0.4, 0.5) is 26.7 Å². The van der Waals surface area contributed by atoms with Gasteiger partial charge in [0.15, 0.2) is 6.10 Å². The number of nitrogens with zero attached hydrogens (tertiary/aromatic N) is 1. The van der Waals surface area contributed by atoms with Crippen molar-refractivity contribution in [1.82, 2.24) is 10.2 Å². The predicted octanol–water partition coefficient (Wildman–Crippen LogP) is 3.34. The maximum absolute atomic E-state index is 12.8. The Kier molecular flexibility index (Phi) is 12.0. The number of rotatable bonds is 15. The van der Waals surface area contributed by atoms with Gasteiger partial charge >= 0.3 is 18.2 Å². The molecule has 13 heteroatoms. The first-order valence-electron chi connectivity index (χ1n) is 10.4. The van der Waals surface area contributed by atoms with Crippen LogP contribution in [0.25, 0.3) is 0 Å². The van der Waals surface area contributed by atoms with E-state index >= 15 is 0 Å². The van der Waals surface area contributed by atoms with E-state index in [0.717, 1.165) is 4.90 Å². The van der Waals surface area contributed by atoms with Crippen molar-refractivity contribution in [2.75, 3.05) is 46.1 Å². The number of carboxylic acid groups (broad SMARTS) is 1. The van der Waals surface area contributed by atoms with Crippen molar-refractivity contribution in [3.05, 3.63) is 29.8 Å².